The SMILES string of the molecule is CC/C=C\C/C=C\C/C=C\C/C=C\CCCCCCCCCCCCCCCCCCCCCCC(=O)OCC(COC(=O)CCCCCCC/C=C\CCCCC)OC(=O)CCCCCCCCC/C=C\C/C=C\C/C=C\CC. The van der Waals surface area contributed by atoms with Crippen molar-refractivity contribution < 1.29 is 28.6 Å². The molecular weight excluding hydrogens is 985 g/mol. The molecule has 0 aromatic carbocycles. The fourth-order valence-electron chi connectivity index (χ4n) is 9.74. The van der Waals surface area contributed by atoms with Crippen LogP contribution in [-0.2, 0) is 28.6 Å². The Morgan fingerprint density at radius 3 is 0.775 bits per heavy atom. The van der Waals surface area contributed by atoms with E-state index in [0.29, 0.717) is 19.3 Å². The summed E-state index contributed by atoms with van der Waals surface area (Å²) in [6.45, 7) is 6.41. The Bertz CT molecular complexity index is 1560. The first-order valence-corrected chi connectivity index (χ1v) is 34.2. The number of rotatable bonds is 62. The molecule has 0 aliphatic rings. The third-order valence-corrected chi connectivity index (χ3v) is 14.8. The lowest BCUT2D eigenvalue weighted by molar-refractivity contribution is -0.167. The van der Waals surface area contributed by atoms with E-state index in [1.165, 1.54) is 180 Å². The summed E-state index contributed by atoms with van der Waals surface area (Å²) in [5.41, 5.74) is 0. The maximum Gasteiger partial charge on any atom is 0.306 e. The van der Waals surface area contributed by atoms with Crippen molar-refractivity contribution in [2.24, 2.45) is 0 Å². The zero-order chi connectivity index (χ0) is 57.8. The Morgan fingerprint density at radius 2 is 0.487 bits per heavy atom. The van der Waals surface area contributed by atoms with Crippen molar-refractivity contribution in [3.05, 3.63) is 97.2 Å². The number of unbranched alkanes of at least 4 members (excludes halogenated alkanes) is 35. The lowest BCUT2D eigenvalue weighted by Gasteiger charge is -2.18. The highest BCUT2D eigenvalue weighted by Crippen LogP contribution is 2.17. The first-order valence-electron chi connectivity index (χ1n) is 34.2. The minimum atomic E-state index is -0.785. The van der Waals surface area contributed by atoms with E-state index >= 15 is 0 Å². The summed E-state index contributed by atoms with van der Waals surface area (Å²) in [5.74, 6) is -0.886. The lowest BCUT2D eigenvalue weighted by atomic mass is 10.0. The van der Waals surface area contributed by atoms with E-state index in [-0.39, 0.29) is 31.1 Å². The molecular formula is C74H128O6. The van der Waals surface area contributed by atoms with Crippen LogP contribution in [0.4, 0.5) is 0 Å². The van der Waals surface area contributed by atoms with E-state index in [9.17, 15) is 14.4 Å². The molecule has 0 N–H and O–H groups in total. The topological polar surface area (TPSA) is 78.9 Å². The van der Waals surface area contributed by atoms with Crippen LogP contribution in [-0.4, -0.2) is 37.2 Å². The molecule has 0 aromatic heterocycles. The van der Waals surface area contributed by atoms with Crippen LogP contribution in [0.5, 0.6) is 0 Å². The van der Waals surface area contributed by atoms with Crippen molar-refractivity contribution in [2.45, 2.75) is 341 Å². The van der Waals surface area contributed by atoms with E-state index in [0.717, 1.165) is 116 Å². The summed E-state index contributed by atoms with van der Waals surface area (Å²) in [6, 6.07) is 0. The van der Waals surface area contributed by atoms with Gasteiger partial charge in [-0.05, 0) is 116 Å². The van der Waals surface area contributed by atoms with Gasteiger partial charge >= 0.3 is 17.9 Å². The van der Waals surface area contributed by atoms with Crippen molar-refractivity contribution >= 4 is 17.9 Å². The Balaban J connectivity index is 4.14. The van der Waals surface area contributed by atoms with Gasteiger partial charge in [0.05, 0.1) is 0 Å². The normalized spacial score (nSPS) is 12.7. The summed E-state index contributed by atoms with van der Waals surface area (Å²) >= 11 is 0. The maximum atomic E-state index is 12.9. The number of hydrogen-bond donors (Lipinski definition) is 0. The van der Waals surface area contributed by atoms with Crippen molar-refractivity contribution in [3.8, 4) is 0 Å². The fourth-order valence-corrected chi connectivity index (χ4v) is 9.74. The van der Waals surface area contributed by atoms with Crippen molar-refractivity contribution in [3.63, 3.8) is 0 Å². The van der Waals surface area contributed by atoms with Gasteiger partial charge in [0.1, 0.15) is 13.2 Å². The van der Waals surface area contributed by atoms with Gasteiger partial charge in [0.25, 0.3) is 0 Å². The monoisotopic (exact) mass is 1110 g/mol. The molecule has 80 heavy (non-hydrogen) atoms. The molecule has 0 aliphatic carbocycles. The summed E-state index contributed by atoms with van der Waals surface area (Å²) in [7, 11) is 0. The smallest absolute Gasteiger partial charge is 0.306 e. The number of esters is 3. The molecule has 0 aliphatic heterocycles. The zero-order valence-electron chi connectivity index (χ0n) is 52.8. The molecule has 1 unspecified atom stereocenters. The lowest BCUT2D eigenvalue weighted by Crippen LogP contribution is -2.30. The molecule has 0 aromatic rings. The van der Waals surface area contributed by atoms with Crippen LogP contribution in [0.15, 0.2) is 97.2 Å². The van der Waals surface area contributed by atoms with Crippen LogP contribution in [0, 0.1) is 0 Å². The summed E-state index contributed by atoms with van der Waals surface area (Å²) < 4.78 is 16.9. The Morgan fingerprint density at radius 1 is 0.263 bits per heavy atom. The average molecular weight is 1110 g/mol. The van der Waals surface area contributed by atoms with Crippen LogP contribution < -0.4 is 0 Å². The third kappa shape index (κ3) is 65.1. The number of hydrogen-bond acceptors (Lipinski definition) is 6. The van der Waals surface area contributed by atoms with E-state index in [1.807, 2.05) is 0 Å². The van der Waals surface area contributed by atoms with Gasteiger partial charge in [-0.2, -0.15) is 0 Å². The number of ether oxygens (including phenoxy) is 3. The Kier molecular flexibility index (Phi) is 64.7. The first kappa shape index (κ1) is 76.3. The van der Waals surface area contributed by atoms with Crippen LogP contribution in [0.2, 0.25) is 0 Å². The minimum Gasteiger partial charge on any atom is -0.462 e. The molecule has 0 bridgehead atoms. The highest BCUT2D eigenvalue weighted by atomic mass is 16.6. The van der Waals surface area contributed by atoms with Gasteiger partial charge in [0.2, 0.25) is 0 Å². The van der Waals surface area contributed by atoms with Gasteiger partial charge < -0.3 is 14.2 Å². The predicted molar refractivity (Wildman–Crippen MR) is 348 cm³/mol. The van der Waals surface area contributed by atoms with E-state index in [2.05, 4.69) is 118 Å². The van der Waals surface area contributed by atoms with Crippen molar-refractivity contribution in [1.29, 1.82) is 0 Å². The molecule has 0 amide bonds. The number of carbonyl (C=O) groups excluding carboxylic acids is 3. The van der Waals surface area contributed by atoms with Crippen LogP contribution in [0.3, 0.4) is 0 Å². The quantitative estimate of drug-likeness (QED) is 0.0261. The molecule has 0 spiro atoms. The zero-order valence-corrected chi connectivity index (χ0v) is 52.8. The molecule has 0 rings (SSSR count). The fraction of sp³-hybridized carbons (Fsp3) is 0.743. The second kappa shape index (κ2) is 67.8. The Labute approximate surface area is 496 Å². The first-order chi connectivity index (χ1) is 39.5. The van der Waals surface area contributed by atoms with Crippen LogP contribution in [0.25, 0.3) is 0 Å². The van der Waals surface area contributed by atoms with Gasteiger partial charge in [0, 0.05) is 19.3 Å². The molecule has 6 heteroatoms. The van der Waals surface area contributed by atoms with Gasteiger partial charge in [-0.15, -0.1) is 0 Å². The highest BCUT2D eigenvalue weighted by Gasteiger charge is 2.19. The van der Waals surface area contributed by atoms with E-state index < -0.39 is 6.10 Å². The molecule has 0 saturated carbocycles. The largest absolute Gasteiger partial charge is 0.462 e. The minimum absolute atomic E-state index is 0.0806. The molecule has 0 radical (unpaired) electrons. The predicted octanol–water partition coefficient (Wildman–Crippen LogP) is 23.6. The molecule has 0 saturated heterocycles. The summed E-state index contributed by atoms with van der Waals surface area (Å²) in [5, 5.41) is 0. The highest BCUT2D eigenvalue weighted by molar-refractivity contribution is 5.71. The molecule has 0 fully saturated rings. The molecule has 0 heterocycles. The summed E-state index contributed by atoms with van der Waals surface area (Å²) in [4.78, 5) is 38.3. The molecule has 460 valence electrons. The Hall–Kier alpha value is -3.67. The third-order valence-electron chi connectivity index (χ3n) is 14.8. The van der Waals surface area contributed by atoms with Crippen LogP contribution in [0.1, 0.15) is 335 Å². The van der Waals surface area contributed by atoms with Gasteiger partial charge in [-0.1, -0.05) is 298 Å². The van der Waals surface area contributed by atoms with Gasteiger partial charge in [-0.3, -0.25) is 14.4 Å². The summed E-state index contributed by atoms with van der Waals surface area (Å²) in [6.07, 6.45) is 91.6. The van der Waals surface area contributed by atoms with Crippen molar-refractivity contribution in [2.75, 3.05) is 13.2 Å². The van der Waals surface area contributed by atoms with E-state index in [1.54, 1.807) is 0 Å². The number of allylic oxidation sites excluding steroid dienone is 16. The van der Waals surface area contributed by atoms with E-state index in [4.69, 9.17) is 14.2 Å². The maximum absolute atomic E-state index is 12.9. The standard InChI is InChI=1S/C74H128O6/c1-4-7-10-13-16-19-22-25-27-29-30-31-32-33-34-35-36-37-38-39-40-41-42-43-44-46-47-49-52-55-58-61-64-67-73(76)79-70-71(69-78-72(75)66-63-60-57-54-51-24-21-18-15-12-9-6-3)80-74(77)68-65-62-59-56-53-50-48-45-28-26-23-20-17-14-11-8-5-2/h7-8,10-11,16-21,25-28,30-31,71H,4-6,9,12-15,22-24,29,32-70H2,1-3H3/b10-7-,11-8-,19-16-,20-17-,21-18-,27-25-,28-26-,31-30-. The molecule has 1 atom stereocenters. The molecule has 6 nitrogen and oxygen atoms in total. The second-order valence-corrected chi connectivity index (χ2v) is 22.7. The van der Waals surface area contributed by atoms with Gasteiger partial charge in [0.15, 0.2) is 6.10 Å². The second-order valence-electron chi connectivity index (χ2n) is 22.7. The van der Waals surface area contributed by atoms with Crippen molar-refractivity contribution in [1.82, 2.24) is 0 Å². The number of carbonyl (C=O) groups is 3. The average Bonchev–Trinajstić information content (AvgIpc) is 3.46. The van der Waals surface area contributed by atoms with Crippen LogP contribution >= 0.6 is 0 Å². The van der Waals surface area contributed by atoms with Gasteiger partial charge in [-0.25, -0.2) is 0 Å².